The van der Waals surface area contributed by atoms with Crippen molar-refractivity contribution in [3.63, 3.8) is 0 Å². The average molecular weight is 524 g/mol. The van der Waals surface area contributed by atoms with Crippen molar-refractivity contribution in [2.24, 2.45) is 0 Å². The van der Waals surface area contributed by atoms with Crippen LogP contribution in [0.15, 0.2) is 133 Å². The average Bonchev–Trinajstić information content (AvgIpc) is 3.44. The molecule has 4 nitrogen and oxygen atoms in total. The van der Waals surface area contributed by atoms with Gasteiger partial charge in [0.25, 0.3) is 5.82 Å². The molecule has 7 aromatic rings. The number of H-pyrrole nitrogens is 1. The normalized spacial score (nSPS) is 10.9. The van der Waals surface area contributed by atoms with E-state index in [4.69, 9.17) is 0 Å². The van der Waals surface area contributed by atoms with Crippen LogP contribution in [0.4, 0.5) is 0 Å². The molecule has 0 saturated carbocycles. The van der Waals surface area contributed by atoms with Gasteiger partial charge in [-0.1, -0.05) is 84.9 Å². The molecule has 1 aromatic heterocycles. The number of aromatic nitrogens is 2. The number of imidazole rings is 1. The molecule has 0 atom stereocenters. The van der Waals surface area contributed by atoms with Crippen LogP contribution in [0.3, 0.4) is 0 Å². The van der Waals surface area contributed by atoms with Gasteiger partial charge in [-0.3, -0.25) is 0 Å². The van der Waals surface area contributed by atoms with E-state index in [-0.39, 0.29) is 0 Å². The molecule has 1 heterocycles. The summed E-state index contributed by atoms with van der Waals surface area (Å²) in [6, 6.07) is 49.3. The predicted octanol–water partition coefficient (Wildman–Crippen LogP) is 8.34. The van der Waals surface area contributed by atoms with Crippen LogP contribution in [0.5, 0.6) is 0 Å². The highest BCUT2D eigenvalue weighted by atomic mass is 15.1. The first-order valence-electron chi connectivity index (χ1n) is 13.4. The van der Waals surface area contributed by atoms with E-state index in [9.17, 15) is 10.5 Å². The van der Waals surface area contributed by atoms with Crippen molar-refractivity contribution in [3.05, 3.63) is 145 Å². The highest BCUT2D eigenvalue weighted by molar-refractivity contribution is 6.18. The Morgan fingerprint density at radius 2 is 0.976 bits per heavy atom. The van der Waals surface area contributed by atoms with Gasteiger partial charge in [-0.05, 0) is 70.4 Å². The molecule has 0 aliphatic heterocycles. The summed E-state index contributed by atoms with van der Waals surface area (Å²) in [5, 5.41) is 21.1. The second-order valence-electron chi connectivity index (χ2n) is 9.91. The summed E-state index contributed by atoms with van der Waals surface area (Å²) >= 11 is 0. The van der Waals surface area contributed by atoms with E-state index < -0.39 is 0 Å². The molecule has 0 aliphatic rings. The number of hydrogen-bond acceptors (Lipinski definition) is 2. The number of fused-ring (bicyclic) bond motifs is 2. The standard InChI is InChI=1S/C37H22N4/c38-23-25-15-19-27(20-16-25)33-31-13-7-8-14-32(31)34(28-21-17-26(24-39)18-22-28)36-35(33)40-37(29-9-3-1-4-10-29)41(36)30-11-5-2-6-12-30/h1-22H/p+1. The second-order valence-corrected chi connectivity index (χ2v) is 9.91. The fourth-order valence-corrected chi connectivity index (χ4v) is 5.70. The summed E-state index contributed by atoms with van der Waals surface area (Å²) in [5.74, 6) is 0.965. The van der Waals surface area contributed by atoms with Gasteiger partial charge in [0.2, 0.25) is 0 Å². The van der Waals surface area contributed by atoms with Crippen molar-refractivity contribution < 1.29 is 4.57 Å². The molecule has 190 valence electrons. The van der Waals surface area contributed by atoms with Crippen molar-refractivity contribution >= 4 is 21.8 Å². The fourth-order valence-electron chi connectivity index (χ4n) is 5.70. The number of benzene rings is 6. The summed E-state index contributed by atoms with van der Waals surface area (Å²) in [7, 11) is 0. The summed E-state index contributed by atoms with van der Waals surface area (Å²) < 4.78 is 2.30. The molecule has 0 amide bonds. The maximum Gasteiger partial charge on any atom is 0.292 e. The topological polar surface area (TPSA) is 67.2 Å². The molecule has 0 saturated heterocycles. The van der Waals surface area contributed by atoms with E-state index in [1.165, 1.54) is 0 Å². The number of nitriles is 2. The largest absolute Gasteiger partial charge is 0.292 e. The minimum Gasteiger partial charge on any atom is -0.236 e. The SMILES string of the molecule is N#Cc1ccc(-c2c3ccccc3c(-c3ccc(C#N)cc3)c3c2[nH]c(-c2ccccc2)[n+]3-c2ccccc2)cc1. The van der Waals surface area contributed by atoms with E-state index >= 15 is 0 Å². The molecule has 4 heteroatoms. The van der Waals surface area contributed by atoms with E-state index in [2.05, 4.69) is 94.5 Å². The highest BCUT2D eigenvalue weighted by Crippen LogP contribution is 2.43. The summed E-state index contributed by atoms with van der Waals surface area (Å²) in [4.78, 5) is 3.85. The third-order valence-electron chi connectivity index (χ3n) is 7.55. The molecule has 41 heavy (non-hydrogen) atoms. The Bertz CT molecular complexity index is 2130. The lowest BCUT2D eigenvalue weighted by atomic mass is 9.89. The Labute approximate surface area is 237 Å². The van der Waals surface area contributed by atoms with Gasteiger partial charge in [0.1, 0.15) is 5.69 Å². The van der Waals surface area contributed by atoms with Crippen LogP contribution in [0.1, 0.15) is 11.1 Å². The Morgan fingerprint density at radius 1 is 0.488 bits per heavy atom. The van der Waals surface area contributed by atoms with Crippen molar-refractivity contribution in [1.82, 2.24) is 4.98 Å². The Balaban J connectivity index is 1.72. The smallest absolute Gasteiger partial charge is 0.236 e. The first-order valence-corrected chi connectivity index (χ1v) is 13.4. The van der Waals surface area contributed by atoms with Crippen molar-refractivity contribution in [2.75, 3.05) is 0 Å². The van der Waals surface area contributed by atoms with Gasteiger partial charge >= 0.3 is 0 Å². The van der Waals surface area contributed by atoms with Crippen LogP contribution in [0, 0.1) is 22.7 Å². The van der Waals surface area contributed by atoms with Crippen LogP contribution in [-0.4, -0.2) is 4.98 Å². The zero-order valence-corrected chi connectivity index (χ0v) is 22.0. The number of hydrogen-bond donors (Lipinski definition) is 1. The Hall–Kier alpha value is -5.97. The van der Waals surface area contributed by atoms with Crippen LogP contribution >= 0.6 is 0 Å². The third kappa shape index (κ3) is 4.03. The Kier molecular flexibility index (Phi) is 5.86. The van der Waals surface area contributed by atoms with Crippen LogP contribution < -0.4 is 4.57 Å². The lowest BCUT2D eigenvalue weighted by Crippen LogP contribution is -2.32. The van der Waals surface area contributed by atoms with E-state index in [0.29, 0.717) is 11.1 Å². The Morgan fingerprint density at radius 3 is 1.54 bits per heavy atom. The molecular formula is C37H23N4+. The number of rotatable bonds is 4. The van der Waals surface area contributed by atoms with E-state index in [1.807, 2.05) is 60.7 Å². The molecule has 7 rings (SSSR count). The first-order chi connectivity index (χ1) is 20.3. The van der Waals surface area contributed by atoms with Crippen LogP contribution in [0.2, 0.25) is 0 Å². The summed E-state index contributed by atoms with van der Waals surface area (Å²) in [6.45, 7) is 0. The van der Waals surface area contributed by atoms with Gasteiger partial charge in [0, 0.05) is 11.1 Å². The van der Waals surface area contributed by atoms with Gasteiger partial charge < -0.3 is 0 Å². The molecule has 0 fully saturated rings. The second kappa shape index (κ2) is 9.97. The number of nitrogens with one attached hydrogen (secondary N) is 1. The molecule has 0 spiro atoms. The number of nitrogens with zero attached hydrogens (tertiary/aromatic N) is 3. The van der Waals surface area contributed by atoms with Gasteiger partial charge in [0.05, 0.1) is 28.8 Å². The lowest BCUT2D eigenvalue weighted by molar-refractivity contribution is -0.554. The molecule has 6 aromatic carbocycles. The summed E-state index contributed by atoms with van der Waals surface area (Å²) in [6.07, 6.45) is 0. The summed E-state index contributed by atoms with van der Waals surface area (Å²) in [5.41, 5.74) is 9.59. The molecule has 0 aliphatic carbocycles. The number of para-hydroxylation sites is 1. The van der Waals surface area contributed by atoms with Gasteiger partial charge in [-0.15, -0.1) is 0 Å². The van der Waals surface area contributed by atoms with E-state index in [0.717, 1.165) is 61.1 Å². The van der Waals surface area contributed by atoms with Gasteiger partial charge in [-0.25, -0.2) is 4.98 Å². The molecule has 0 bridgehead atoms. The maximum absolute atomic E-state index is 9.49. The van der Waals surface area contributed by atoms with Crippen LogP contribution in [-0.2, 0) is 0 Å². The molecular weight excluding hydrogens is 500 g/mol. The molecule has 0 radical (unpaired) electrons. The van der Waals surface area contributed by atoms with Crippen LogP contribution in [0.25, 0.3) is 61.1 Å². The zero-order chi connectivity index (χ0) is 27.8. The lowest BCUT2D eigenvalue weighted by Gasteiger charge is -2.14. The van der Waals surface area contributed by atoms with E-state index in [1.54, 1.807) is 0 Å². The monoisotopic (exact) mass is 523 g/mol. The van der Waals surface area contributed by atoms with Gasteiger partial charge in [-0.2, -0.15) is 15.1 Å². The van der Waals surface area contributed by atoms with Crippen molar-refractivity contribution in [2.45, 2.75) is 0 Å². The molecule has 0 unspecified atom stereocenters. The first kappa shape index (κ1) is 24.1. The fraction of sp³-hybridized carbons (Fsp3) is 0. The number of aromatic amines is 1. The molecule has 1 N–H and O–H groups in total. The van der Waals surface area contributed by atoms with Gasteiger partial charge in [0.15, 0.2) is 11.0 Å². The minimum absolute atomic E-state index is 0.624. The third-order valence-corrected chi connectivity index (χ3v) is 7.55. The maximum atomic E-state index is 9.49. The minimum atomic E-state index is 0.624. The quantitative estimate of drug-likeness (QED) is 0.236. The highest BCUT2D eigenvalue weighted by Gasteiger charge is 2.30. The predicted molar refractivity (Wildman–Crippen MR) is 163 cm³/mol. The zero-order valence-electron chi connectivity index (χ0n) is 22.0. The van der Waals surface area contributed by atoms with Crippen molar-refractivity contribution in [1.29, 1.82) is 10.5 Å². The van der Waals surface area contributed by atoms with Crippen molar-refractivity contribution in [3.8, 4) is 51.5 Å².